The molecule has 1 heterocycles. The van der Waals surface area contributed by atoms with Gasteiger partial charge < -0.3 is 16.0 Å². The highest BCUT2D eigenvalue weighted by atomic mass is 16.2. The molecule has 1 aliphatic heterocycles. The van der Waals surface area contributed by atoms with E-state index in [1.165, 1.54) is 0 Å². The fourth-order valence-corrected chi connectivity index (χ4v) is 2.41. The van der Waals surface area contributed by atoms with Crippen molar-refractivity contribution in [3.05, 3.63) is 60.2 Å². The maximum absolute atomic E-state index is 11.7. The monoisotopic (exact) mass is 334 g/mol. The highest BCUT2D eigenvalue weighted by molar-refractivity contribution is 5.94. The molecule has 4 amide bonds. The molecule has 2 aromatic rings. The van der Waals surface area contributed by atoms with Crippen LogP contribution in [0.4, 0.5) is 21.0 Å². The number of hydrogen-bond donors (Lipinski definition) is 3. The van der Waals surface area contributed by atoms with E-state index in [4.69, 9.17) is 0 Å². The molecular formula is C19H18N4O2. The van der Waals surface area contributed by atoms with E-state index >= 15 is 0 Å². The van der Waals surface area contributed by atoms with Gasteiger partial charge >= 0.3 is 12.1 Å². The number of para-hydroxylation sites is 1. The number of hydrogen-bond acceptors (Lipinski definition) is 2. The Morgan fingerprint density at radius 2 is 1.88 bits per heavy atom. The molecule has 25 heavy (non-hydrogen) atoms. The lowest BCUT2D eigenvalue weighted by Gasteiger charge is -2.13. The molecule has 0 unspecified atom stereocenters. The quantitative estimate of drug-likeness (QED) is 0.754. The summed E-state index contributed by atoms with van der Waals surface area (Å²) in [5, 5.41) is 8.17. The van der Waals surface area contributed by atoms with Crippen LogP contribution in [0.5, 0.6) is 0 Å². The van der Waals surface area contributed by atoms with Gasteiger partial charge in [-0.25, -0.2) is 9.59 Å². The third-order valence-corrected chi connectivity index (χ3v) is 3.64. The summed E-state index contributed by atoms with van der Waals surface area (Å²) in [6.45, 7) is 1.58. The molecule has 6 nitrogen and oxygen atoms in total. The van der Waals surface area contributed by atoms with Crippen LogP contribution in [-0.4, -0.2) is 31.7 Å². The summed E-state index contributed by atoms with van der Waals surface area (Å²) < 4.78 is 0. The molecule has 0 aromatic heterocycles. The summed E-state index contributed by atoms with van der Waals surface area (Å²) in [4.78, 5) is 25.0. The highest BCUT2D eigenvalue weighted by Gasteiger charge is 2.20. The number of nitrogens with one attached hydrogen (secondary N) is 3. The maximum atomic E-state index is 11.7. The molecule has 0 bridgehead atoms. The van der Waals surface area contributed by atoms with E-state index in [1.54, 1.807) is 4.90 Å². The van der Waals surface area contributed by atoms with Gasteiger partial charge in [0.05, 0.1) is 6.54 Å². The van der Waals surface area contributed by atoms with Crippen molar-refractivity contribution in [3.63, 3.8) is 0 Å². The molecule has 1 saturated heterocycles. The molecule has 3 rings (SSSR count). The number of carbonyl (C=O) groups excluding carboxylic acids is 2. The number of urea groups is 2. The lowest BCUT2D eigenvalue weighted by Crippen LogP contribution is -2.28. The van der Waals surface area contributed by atoms with Gasteiger partial charge in [0.25, 0.3) is 0 Å². The lowest BCUT2D eigenvalue weighted by atomic mass is 10.2. The second kappa shape index (κ2) is 7.88. The highest BCUT2D eigenvalue weighted by Crippen LogP contribution is 2.16. The number of benzene rings is 2. The van der Waals surface area contributed by atoms with Crippen LogP contribution in [0.2, 0.25) is 0 Å². The van der Waals surface area contributed by atoms with E-state index in [0.717, 1.165) is 16.9 Å². The summed E-state index contributed by atoms with van der Waals surface area (Å²) >= 11 is 0. The SMILES string of the molecule is O=C(NCC#Cc1ccc(N2CCNC2=O)cc1)Nc1ccccc1. The van der Waals surface area contributed by atoms with Crippen molar-refractivity contribution >= 4 is 23.4 Å². The molecule has 1 aliphatic rings. The van der Waals surface area contributed by atoms with Crippen molar-refractivity contribution < 1.29 is 9.59 Å². The average Bonchev–Trinajstić information content (AvgIpc) is 3.06. The van der Waals surface area contributed by atoms with Gasteiger partial charge in [0.2, 0.25) is 0 Å². The summed E-state index contributed by atoms with van der Waals surface area (Å²) in [5.74, 6) is 5.88. The Hall–Kier alpha value is -3.46. The van der Waals surface area contributed by atoms with Crippen LogP contribution in [0.3, 0.4) is 0 Å². The fourth-order valence-electron chi connectivity index (χ4n) is 2.41. The van der Waals surface area contributed by atoms with Crippen LogP contribution in [-0.2, 0) is 0 Å². The van der Waals surface area contributed by atoms with E-state index in [0.29, 0.717) is 13.1 Å². The largest absolute Gasteiger partial charge is 0.336 e. The zero-order chi connectivity index (χ0) is 17.5. The Bertz CT molecular complexity index is 807. The second-order valence-corrected chi connectivity index (χ2v) is 5.41. The minimum Gasteiger partial charge on any atom is -0.336 e. The van der Waals surface area contributed by atoms with Gasteiger partial charge in [0.1, 0.15) is 0 Å². The van der Waals surface area contributed by atoms with Crippen molar-refractivity contribution in [3.8, 4) is 11.8 Å². The average molecular weight is 334 g/mol. The molecular weight excluding hydrogens is 316 g/mol. The fraction of sp³-hybridized carbons (Fsp3) is 0.158. The summed E-state index contributed by atoms with van der Waals surface area (Å²) in [6.07, 6.45) is 0. The molecule has 0 aliphatic carbocycles. The van der Waals surface area contributed by atoms with Gasteiger partial charge in [-0.05, 0) is 36.4 Å². The van der Waals surface area contributed by atoms with Gasteiger partial charge in [-0.15, -0.1) is 0 Å². The van der Waals surface area contributed by atoms with Crippen LogP contribution < -0.4 is 20.9 Å². The third-order valence-electron chi connectivity index (χ3n) is 3.64. The minimum absolute atomic E-state index is 0.0764. The Labute approximate surface area is 146 Å². The first-order valence-corrected chi connectivity index (χ1v) is 7.96. The Morgan fingerprint density at radius 1 is 1.12 bits per heavy atom. The smallest absolute Gasteiger partial charge is 0.321 e. The van der Waals surface area contributed by atoms with E-state index in [2.05, 4.69) is 27.8 Å². The zero-order valence-electron chi connectivity index (χ0n) is 13.6. The first-order valence-electron chi connectivity index (χ1n) is 7.96. The van der Waals surface area contributed by atoms with Gasteiger partial charge in [-0.2, -0.15) is 0 Å². The van der Waals surface area contributed by atoms with Crippen LogP contribution in [0.25, 0.3) is 0 Å². The third kappa shape index (κ3) is 4.52. The number of carbonyl (C=O) groups is 2. The van der Waals surface area contributed by atoms with Gasteiger partial charge in [-0.3, -0.25) is 4.90 Å². The number of nitrogens with zero attached hydrogens (tertiary/aromatic N) is 1. The normalized spacial score (nSPS) is 12.8. The van der Waals surface area contributed by atoms with E-state index < -0.39 is 0 Å². The van der Waals surface area contributed by atoms with Crippen LogP contribution in [0, 0.1) is 11.8 Å². The van der Waals surface area contributed by atoms with Crippen molar-refractivity contribution in [2.75, 3.05) is 29.9 Å². The Balaban J connectivity index is 1.48. The van der Waals surface area contributed by atoms with Crippen LogP contribution in [0.15, 0.2) is 54.6 Å². The number of anilines is 2. The molecule has 0 atom stereocenters. The second-order valence-electron chi connectivity index (χ2n) is 5.41. The molecule has 126 valence electrons. The van der Waals surface area contributed by atoms with Gasteiger partial charge in [-0.1, -0.05) is 30.0 Å². The lowest BCUT2D eigenvalue weighted by molar-refractivity contribution is 0.251. The zero-order valence-corrected chi connectivity index (χ0v) is 13.6. The first kappa shape index (κ1) is 16.4. The minimum atomic E-state index is -0.295. The molecule has 2 aromatic carbocycles. The molecule has 0 spiro atoms. The Kier molecular flexibility index (Phi) is 5.17. The van der Waals surface area contributed by atoms with Crippen molar-refractivity contribution in [1.29, 1.82) is 0 Å². The summed E-state index contributed by atoms with van der Waals surface area (Å²) in [6, 6.07) is 16.3. The van der Waals surface area contributed by atoms with E-state index in [-0.39, 0.29) is 18.6 Å². The predicted octanol–water partition coefficient (Wildman–Crippen LogP) is 2.39. The number of amides is 4. The maximum Gasteiger partial charge on any atom is 0.321 e. The molecule has 1 fully saturated rings. The summed E-state index contributed by atoms with van der Waals surface area (Å²) in [5.41, 5.74) is 2.41. The standard InChI is InChI=1S/C19H18N4O2/c24-18(22-16-6-2-1-3-7-16)20-12-4-5-15-8-10-17(11-9-15)23-14-13-21-19(23)25/h1-3,6-11H,12-14H2,(H,21,25)(H2,20,22,24). The van der Waals surface area contributed by atoms with Crippen LogP contribution >= 0.6 is 0 Å². The van der Waals surface area contributed by atoms with Gasteiger partial charge in [0, 0.05) is 30.0 Å². The van der Waals surface area contributed by atoms with Crippen molar-refractivity contribution in [1.82, 2.24) is 10.6 Å². The predicted molar refractivity (Wildman–Crippen MR) is 97.5 cm³/mol. The molecule has 3 N–H and O–H groups in total. The molecule has 0 saturated carbocycles. The molecule has 0 radical (unpaired) electrons. The first-order chi connectivity index (χ1) is 12.2. The molecule has 6 heteroatoms. The van der Waals surface area contributed by atoms with E-state index in [9.17, 15) is 9.59 Å². The van der Waals surface area contributed by atoms with E-state index in [1.807, 2.05) is 54.6 Å². The Morgan fingerprint density at radius 3 is 2.56 bits per heavy atom. The van der Waals surface area contributed by atoms with Gasteiger partial charge in [0.15, 0.2) is 0 Å². The summed E-state index contributed by atoms with van der Waals surface area (Å²) in [7, 11) is 0. The number of rotatable bonds is 3. The van der Waals surface area contributed by atoms with Crippen LogP contribution in [0.1, 0.15) is 5.56 Å². The van der Waals surface area contributed by atoms with Crippen molar-refractivity contribution in [2.45, 2.75) is 0 Å². The topological polar surface area (TPSA) is 73.5 Å². The van der Waals surface area contributed by atoms with Crippen molar-refractivity contribution in [2.24, 2.45) is 0 Å².